The molecule has 3 nitrogen and oxygen atoms in total. The van der Waals surface area contributed by atoms with Crippen molar-refractivity contribution in [2.45, 2.75) is 79.7 Å². The normalized spacial score (nSPS) is 10.2. The second-order valence-electron chi connectivity index (χ2n) is 5.88. The molecule has 0 radical (unpaired) electrons. The van der Waals surface area contributed by atoms with Crippen LogP contribution < -0.4 is 5.32 Å². The Morgan fingerprint density at radius 3 is 1.82 bits per heavy atom. The Morgan fingerprint density at radius 2 is 1.50 bits per heavy atom. The van der Waals surface area contributed by atoms with Crippen LogP contribution in [0.5, 0.6) is 0 Å². The first-order valence-electron chi connectivity index (χ1n) is 8.09. The standard InChI is InChI=1S/C14H24N2.2C2H6.H2OS/c1-11-7-8-12(9-16-11)13(2,3)10-14(4,5)15-6;3*1-2/h7-9,15H,10H2,1-6H3;2*1-2H3;1-2H. The van der Waals surface area contributed by atoms with Gasteiger partial charge in [0.25, 0.3) is 0 Å². The van der Waals surface area contributed by atoms with Gasteiger partial charge in [0.1, 0.15) is 0 Å². The molecule has 0 unspecified atom stereocenters. The van der Waals surface area contributed by atoms with Crippen LogP contribution >= 0.6 is 12.9 Å². The van der Waals surface area contributed by atoms with Crippen molar-refractivity contribution < 1.29 is 4.55 Å². The lowest BCUT2D eigenvalue weighted by Gasteiger charge is -2.35. The topological polar surface area (TPSA) is 45.2 Å². The van der Waals surface area contributed by atoms with E-state index >= 15 is 0 Å². The quantitative estimate of drug-likeness (QED) is 0.505. The minimum Gasteiger partial charge on any atom is -0.333 e. The van der Waals surface area contributed by atoms with Crippen LogP contribution in [0.2, 0.25) is 0 Å². The third-order valence-electron chi connectivity index (χ3n) is 3.25. The van der Waals surface area contributed by atoms with Gasteiger partial charge in [0, 0.05) is 17.4 Å². The smallest absolute Gasteiger partial charge is 0.0372 e. The van der Waals surface area contributed by atoms with E-state index in [0.717, 1.165) is 12.1 Å². The molecule has 22 heavy (non-hydrogen) atoms. The molecule has 0 spiro atoms. The van der Waals surface area contributed by atoms with Gasteiger partial charge in [-0.3, -0.25) is 4.98 Å². The van der Waals surface area contributed by atoms with Gasteiger partial charge in [-0.1, -0.05) is 47.6 Å². The summed E-state index contributed by atoms with van der Waals surface area (Å²) in [5.41, 5.74) is 2.68. The number of aryl methyl sites for hydroxylation is 1. The predicted molar refractivity (Wildman–Crippen MR) is 104 cm³/mol. The van der Waals surface area contributed by atoms with E-state index in [9.17, 15) is 0 Å². The van der Waals surface area contributed by atoms with Gasteiger partial charge in [-0.25, -0.2) is 0 Å². The molecule has 0 aliphatic rings. The van der Waals surface area contributed by atoms with Crippen molar-refractivity contribution >= 4 is 12.9 Å². The second-order valence-corrected chi connectivity index (χ2v) is 5.88. The van der Waals surface area contributed by atoms with Crippen LogP contribution in [0, 0.1) is 6.92 Å². The highest BCUT2D eigenvalue weighted by molar-refractivity contribution is 7.74. The number of rotatable bonds is 4. The molecule has 0 bridgehead atoms. The molecular weight excluding hydrogens is 292 g/mol. The van der Waals surface area contributed by atoms with Gasteiger partial charge in [-0.15, -0.1) is 0 Å². The molecule has 4 heteroatoms. The molecule has 1 rings (SSSR count). The van der Waals surface area contributed by atoms with E-state index in [0.29, 0.717) is 0 Å². The van der Waals surface area contributed by atoms with Crippen LogP contribution in [0.25, 0.3) is 0 Å². The van der Waals surface area contributed by atoms with Gasteiger partial charge in [0.05, 0.1) is 0 Å². The summed E-state index contributed by atoms with van der Waals surface area (Å²) in [4.78, 5) is 4.38. The lowest BCUT2D eigenvalue weighted by molar-refractivity contribution is 0.304. The molecule has 0 aliphatic carbocycles. The van der Waals surface area contributed by atoms with Crippen molar-refractivity contribution in [2.75, 3.05) is 7.05 Å². The maximum Gasteiger partial charge on any atom is 0.0372 e. The third kappa shape index (κ3) is 11.0. The lowest BCUT2D eigenvalue weighted by Crippen LogP contribution is -2.41. The Kier molecular flexibility index (Phi) is 16.8. The van der Waals surface area contributed by atoms with E-state index in [-0.39, 0.29) is 11.0 Å². The molecule has 0 saturated heterocycles. The predicted octanol–water partition coefficient (Wildman–Crippen LogP) is 5.50. The molecule has 0 saturated carbocycles. The van der Waals surface area contributed by atoms with Crippen molar-refractivity contribution in [1.29, 1.82) is 0 Å². The maximum absolute atomic E-state index is 6.69. The van der Waals surface area contributed by atoms with Gasteiger partial charge >= 0.3 is 0 Å². The number of hydrogen-bond acceptors (Lipinski definition) is 4. The van der Waals surface area contributed by atoms with Crippen LogP contribution in [-0.4, -0.2) is 22.1 Å². The Hall–Kier alpha value is -0.580. The zero-order valence-electron chi connectivity index (χ0n) is 16.3. The summed E-state index contributed by atoms with van der Waals surface area (Å²) in [6.07, 6.45) is 3.09. The van der Waals surface area contributed by atoms with Crippen LogP contribution in [0.3, 0.4) is 0 Å². The maximum atomic E-state index is 6.69. The minimum absolute atomic E-state index is 0.146. The van der Waals surface area contributed by atoms with Crippen LogP contribution in [-0.2, 0) is 5.41 Å². The summed E-state index contributed by atoms with van der Waals surface area (Å²) in [6.45, 7) is 19.0. The number of nitrogens with one attached hydrogen (secondary N) is 1. The van der Waals surface area contributed by atoms with Crippen molar-refractivity contribution in [1.82, 2.24) is 10.3 Å². The SMILES string of the molecule is CC.CC.CNC(C)(C)CC(C)(C)c1ccc(C)nc1.OS. The summed E-state index contributed by atoms with van der Waals surface area (Å²) in [5.74, 6) is 0. The summed E-state index contributed by atoms with van der Waals surface area (Å²) in [7, 11) is 2.02. The molecule has 0 amide bonds. The average molecular weight is 331 g/mol. The minimum atomic E-state index is 0.146. The molecule has 0 aromatic carbocycles. The summed E-state index contributed by atoms with van der Waals surface area (Å²) >= 11 is 2.53. The molecule has 1 aromatic heterocycles. The highest BCUT2D eigenvalue weighted by atomic mass is 32.1. The van der Waals surface area contributed by atoms with Gasteiger partial charge < -0.3 is 9.87 Å². The molecule has 132 valence electrons. The Bertz CT molecular complexity index is 349. The molecule has 1 heterocycles. The summed E-state index contributed by atoms with van der Waals surface area (Å²) < 4.78 is 6.69. The van der Waals surface area contributed by atoms with E-state index in [4.69, 9.17) is 4.55 Å². The van der Waals surface area contributed by atoms with Gasteiger partial charge in [-0.05, 0) is 64.2 Å². The van der Waals surface area contributed by atoms with E-state index in [1.54, 1.807) is 0 Å². The largest absolute Gasteiger partial charge is 0.333 e. The average Bonchev–Trinajstić information content (AvgIpc) is 2.53. The first-order chi connectivity index (χ1) is 10.3. The molecule has 0 aliphatic heterocycles. The Balaban J connectivity index is -0.000000535. The number of nitrogens with zero attached hydrogens (tertiary/aromatic N) is 1. The van der Waals surface area contributed by atoms with E-state index in [2.05, 4.69) is 63.0 Å². The van der Waals surface area contributed by atoms with Crippen molar-refractivity contribution in [3.63, 3.8) is 0 Å². The van der Waals surface area contributed by atoms with Crippen LogP contribution in [0.4, 0.5) is 0 Å². The van der Waals surface area contributed by atoms with Crippen LogP contribution in [0.1, 0.15) is 73.1 Å². The van der Waals surface area contributed by atoms with E-state index in [1.807, 2.05) is 47.9 Å². The number of pyridine rings is 1. The molecule has 0 fully saturated rings. The lowest BCUT2D eigenvalue weighted by atomic mass is 9.75. The number of thiol groups is 1. The van der Waals surface area contributed by atoms with Gasteiger partial charge in [0.2, 0.25) is 0 Å². The molecule has 2 N–H and O–H groups in total. The fraction of sp³-hybridized carbons (Fsp3) is 0.722. The number of hydrogen-bond donors (Lipinski definition) is 3. The summed E-state index contributed by atoms with van der Waals surface area (Å²) in [6, 6.07) is 4.28. The number of aromatic nitrogens is 1. The zero-order valence-corrected chi connectivity index (χ0v) is 17.2. The second kappa shape index (κ2) is 14.0. The first-order valence-corrected chi connectivity index (χ1v) is 8.49. The zero-order chi connectivity index (χ0) is 18.4. The molecular formula is C18H38N2OS. The molecule has 1 aromatic rings. The Morgan fingerprint density at radius 1 is 1.05 bits per heavy atom. The monoisotopic (exact) mass is 330 g/mol. The fourth-order valence-electron chi connectivity index (χ4n) is 2.16. The van der Waals surface area contributed by atoms with Crippen LogP contribution in [0.15, 0.2) is 18.3 Å². The third-order valence-corrected chi connectivity index (χ3v) is 3.25. The van der Waals surface area contributed by atoms with Gasteiger partial charge in [-0.2, -0.15) is 0 Å². The summed E-state index contributed by atoms with van der Waals surface area (Å²) in [5, 5.41) is 3.36. The van der Waals surface area contributed by atoms with Gasteiger partial charge in [0.15, 0.2) is 0 Å². The van der Waals surface area contributed by atoms with E-state index < -0.39 is 0 Å². The highest BCUT2D eigenvalue weighted by Crippen LogP contribution is 2.31. The van der Waals surface area contributed by atoms with Crippen molar-refractivity contribution in [3.05, 3.63) is 29.6 Å². The molecule has 0 atom stereocenters. The Labute approximate surface area is 144 Å². The first kappa shape index (κ1) is 26.3. The highest BCUT2D eigenvalue weighted by Gasteiger charge is 2.29. The van der Waals surface area contributed by atoms with Crippen molar-refractivity contribution in [3.8, 4) is 0 Å². The fourth-order valence-corrected chi connectivity index (χ4v) is 2.16. The van der Waals surface area contributed by atoms with Crippen molar-refractivity contribution in [2.24, 2.45) is 0 Å². The van der Waals surface area contributed by atoms with E-state index in [1.165, 1.54) is 5.56 Å².